The highest BCUT2D eigenvalue weighted by Gasteiger charge is 2.15. The van der Waals surface area contributed by atoms with E-state index in [1.165, 1.54) is 19.2 Å². The van der Waals surface area contributed by atoms with E-state index in [2.05, 4.69) is 30.8 Å². The molecule has 0 saturated carbocycles. The van der Waals surface area contributed by atoms with Crippen molar-refractivity contribution in [2.75, 3.05) is 24.1 Å². The fourth-order valence-corrected chi connectivity index (χ4v) is 4.16. The highest BCUT2D eigenvalue weighted by atomic mass is 32.2. The standard InChI is InChI=1S/C20H26N2O4S2/c1-20(2,3)27-14-13-21-19(23)15-5-7-16(8-6-15)22-28(24,25)18-11-9-17(26-4)10-12-18/h5-12,22H,13-14H2,1-4H3,(H,21,23). The third kappa shape index (κ3) is 6.76. The van der Waals surface area contributed by atoms with Gasteiger partial charge in [0.1, 0.15) is 5.75 Å². The van der Waals surface area contributed by atoms with Crippen LogP contribution in [0.5, 0.6) is 5.75 Å². The number of hydrogen-bond donors (Lipinski definition) is 2. The van der Waals surface area contributed by atoms with Gasteiger partial charge in [0.15, 0.2) is 0 Å². The monoisotopic (exact) mass is 422 g/mol. The molecule has 0 unspecified atom stereocenters. The number of methoxy groups -OCH3 is 1. The van der Waals surface area contributed by atoms with E-state index >= 15 is 0 Å². The highest BCUT2D eigenvalue weighted by Crippen LogP contribution is 2.22. The van der Waals surface area contributed by atoms with E-state index in [-0.39, 0.29) is 15.5 Å². The number of benzene rings is 2. The molecule has 0 fully saturated rings. The average Bonchev–Trinajstić information content (AvgIpc) is 2.64. The second-order valence-corrected chi connectivity index (χ2v) is 10.7. The zero-order valence-electron chi connectivity index (χ0n) is 16.5. The van der Waals surface area contributed by atoms with Gasteiger partial charge in [0.05, 0.1) is 12.0 Å². The zero-order chi connectivity index (χ0) is 20.8. The third-order valence-corrected chi connectivity index (χ3v) is 6.36. The summed E-state index contributed by atoms with van der Waals surface area (Å²) in [6.07, 6.45) is 0. The van der Waals surface area contributed by atoms with Crippen molar-refractivity contribution in [2.24, 2.45) is 0 Å². The molecular weight excluding hydrogens is 396 g/mol. The van der Waals surface area contributed by atoms with Crippen LogP contribution in [0.15, 0.2) is 53.4 Å². The number of amides is 1. The van der Waals surface area contributed by atoms with Crippen molar-refractivity contribution >= 4 is 33.4 Å². The molecule has 8 heteroatoms. The molecule has 2 aromatic rings. The summed E-state index contributed by atoms with van der Waals surface area (Å²) in [6.45, 7) is 6.97. The zero-order valence-corrected chi connectivity index (χ0v) is 18.1. The van der Waals surface area contributed by atoms with Crippen LogP contribution < -0.4 is 14.8 Å². The average molecular weight is 423 g/mol. The molecule has 0 saturated heterocycles. The molecule has 0 atom stereocenters. The molecule has 2 rings (SSSR count). The molecule has 0 heterocycles. The summed E-state index contributed by atoms with van der Waals surface area (Å²) in [5.74, 6) is 1.23. The third-order valence-electron chi connectivity index (χ3n) is 3.69. The second kappa shape index (κ2) is 9.34. The van der Waals surface area contributed by atoms with Crippen molar-refractivity contribution < 1.29 is 17.9 Å². The maximum absolute atomic E-state index is 12.4. The van der Waals surface area contributed by atoms with Crippen LogP contribution in [0.3, 0.4) is 0 Å². The molecule has 1 amide bonds. The number of carbonyl (C=O) groups is 1. The van der Waals surface area contributed by atoms with Gasteiger partial charge in [0.25, 0.3) is 15.9 Å². The summed E-state index contributed by atoms with van der Waals surface area (Å²) in [5, 5.41) is 2.87. The Morgan fingerprint density at radius 2 is 1.64 bits per heavy atom. The molecule has 2 N–H and O–H groups in total. The van der Waals surface area contributed by atoms with E-state index < -0.39 is 10.0 Å². The van der Waals surface area contributed by atoms with Gasteiger partial charge >= 0.3 is 0 Å². The van der Waals surface area contributed by atoms with Gasteiger partial charge < -0.3 is 10.1 Å². The van der Waals surface area contributed by atoms with Crippen LogP contribution in [-0.2, 0) is 10.0 Å². The molecule has 0 spiro atoms. The van der Waals surface area contributed by atoms with E-state index in [1.807, 2.05) is 0 Å². The molecule has 0 radical (unpaired) electrons. The quantitative estimate of drug-likeness (QED) is 0.633. The summed E-state index contributed by atoms with van der Waals surface area (Å²) >= 11 is 1.78. The fraction of sp³-hybridized carbons (Fsp3) is 0.350. The van der Waals surface area contributed by atoms with Gasteiger partial charge in [-0.2, -0.15) is 11.8 Å². The van der Waals surface area contributed by atoms with Crippen LogP contribution in [0.25, 0.3) is 0 Å². The minimum Gasteiger partial charge on any atom is -0.497 e. The first-order valence-electron chi connectivity index (χ1n) is 8.80. The first kappa shape index (κ1) is 22.1. The van der Waals surface area contributed by atoms with Gasteiger partial charge in [0.2, 0.25) is 0 Å². The van der Waals surface area contributed by atoms with Gasteiger partial charge in [-0.25, -0.2) is 8.42 Å². The normalized spacial score (nSPS) is 11.7. The Hall–Kier alpha value is -2.19. The van der Waals surface area contributed by atoms with Crippen molar-refractivity contribution in [2.45, 2.75) is 30.4 Å². The Balaban J connectivity index is 1.95. The number of sulfonamides is 1. The van der Waals surface area contributed by atoms with Crippen LogP contribution in [0.4, 0.5) is 5.69 Å². The van der Waals surface area contributed by atoms with E-state index in [0.29, 0.717) is 23.5 Å². The number of anilines is 1. The number of rotatable bonds is 8. The Labute approximate surface area is 171 Å². The lowest BCUT2D eigenvalue weighted by Gasteiger charge is -2.17. The molecule has 0 bridgehead atoms. The maximum atomic E-state index is 12.4. The van der Waals surface area contributed by atoms with Crippen LogP contribution in [0.2, 0.25) is 0 Å². The van der Waals surface area contributed by atoms with Crippen LogP contribution in [-0.4, -0.2) is 38.5 Å². The minimum atomic E-state index is -3.71. The molecule has 6 nitrogen and oxygen atoms in total. The summed E-state index contributed by atoms with van der Waals surface area (Å²) in [7, 11) is -2.20. The van der Waals surface area contributed by atoms with Gasteiger partial charge in [-0.05, 0) is 48.5 Å². The Morgan fingerprint density at radius 1 is 1.04 bits per heavy atom. The van der Waals surface area contributed by atoms with Gasteiger partial charge in [0, 0.05) is 28.3 Å². The maximum Gasteiger partial charge on any atom is 0.261 e. The SMILES string of the molecule is COc1ccc(S(=O)(=O)Nc2ccc(C(=O)NCCSC(C)(C)C)cc2)cc1. The largest absolute Gasteiger partial charge is 0.497 e. The van der Waals surface area contributed by atoms with Crippen LogP contribution in [0, 0.1) is 0 Å². The second-order valence-electron chi connectivity index (χ2n) is 7.08. The summed E-state index contributed by atoms with van der Waals surface area (Å²) in [6, 6.07) is 12.4. The summed E-state index contributed by atoms with van der Waals surface area (Å²) < 4.78 is 32.6. The van der Waals surface area contributed by atoms with E-state index in [9.17, 15) is 13.2 Å². The number of ether oxygens (including phenoxy) is 1. The van der Waals surface area contributed by atoms with Gasteiger partial charge in [-0.1, -0.05) is 20.8 Å². The van der Waals surface area contributed by atoms with E-state index in [0.717, 1.165) is 5.75 Å². The predicted octanol–water partition coefficient (Wildman–Crippen LogP) is 3.76. The lowest BCUT2D eigenvalue weighted by Crippen LogP contribution is -2.26. The number of hydrogen-bond acceptors (Lipinski definition) is 5. The number of thioether (sulfide) groups is 1. The van der Waals surface area contributed by atoms with Crippen molar-refractivity contribution in [1.82, 2.24) is 5.32 Å². The van der Waals surface area contributed by atoms with Crippen molar-refractivity contribution in [3.05, 3.63) is 54.1 Å². The molecule has 28 heavy (non-hydrogen) atoms. The van der Waals surface area contributed by atoms with Gasteiger partial charge in [-0.15, -0.1) is 0 Å². The van der Waals surface area contributed by atoms with Crippen molar-refractivity contribution in [3.63, 3.8) is 0 Å². The minimum absolute atomic E-state index is 0.131. The highest BCUT2D eigenvalue weighted by molar-refractivity contribution is 8.00. The first-order chi connectivity index (χ1) is 13.1. The predicted molar refractivity (Wildman–Crippen MR) is 115 cm³/mol. The summed E-state index contributed by atoms with van der Waals surface area (Å²) in [4.78, 5) is 12.3. The number of carbonyl (C=O) groups excluding carboxylic acids is 1. The summed E-state index contributed by atoms with van der Waals surface area (Å²) in [5.41, 5.74) is 0.865. The lowest BCUT2D eigenvalue weighted by atomic mass is 10.2. The van der Waals surface area contributed by atoms with Crippen LogP contribution in [0.1, 0.15) is 31.1 Å². The molecule has 152 valence electrons. The van der Waals surface area contributed by atoms with Crippen molar-refractivity contribution in [1.29, 1.82) is 0 Å². The molecule has 0 aliphatic heterocycles. The fourth-order valence-electron chi connectivity index (χ4n) is 2.28. The Morgan fingerprint density at radius 3 is 2.18 bits per heavy atom. The van der Waals surface area contributed by atoms with Crippen molar-refractivity contribution in [3.8, 4) is 5.75 Å². The van der Waals surface area contributed by atoms with E-state index in [4.69, 9.17) is 4.74 Å². The molecular formula is C20H26N2O4S2. The Kier molecular flexibility index (Phi) is 7.37. The molecule has 0 aliphatic rings. The van der Waals surface area contributed by atoms with E-state index in [1.54, 1.807) is 48.2 Å². The Bertz CT molecular complexity index is 887. The topological polar surface area (TPSA) is 84.5 Å². The lowest BCUT2D eigenvalue weighted by molar-refractivity contribution is 0.0956. The smallest absolute Gasteiger partial charge is 0.261 e. The first-order valence-corrected chi connectivity index (χ1v) is 11.3. The number of nitrogens with one attached hydrogen (secondary N) is 2. The molecule has 0 aliphatic carbocycles. The molecule has 0 aromatic heterocycles. The van der Waals surface area contributed by atoms with Crippen LogP contribution >= 0.6 is 11.8 Å². The molecule has 2 aromatic carbocycles. The van der Waals surface area contributed by atoms with Gasteiger partial charge in [-0.3, -0.25) is 9.52 Å².